The molecule has 2 aromatic carbocycles. The Hall–Kier alpha value is -3.17. The lowest BCUT2D eigenvalue weighted by Crippen LogP contribution is -2.53. The van der Waals surface area contributed by atoms with E-state index in [0.29, 0.717) is 68.2 Å². The summed E-state index contributed by atoms with van der Waals surface area (Å²) in [6.45, 7) is 5.17. The molecular weight excluding hydrogens is 523 g/mol. The Kier molecular flexibility index (Phi) is 10.6. The summed E-state index contributed by atoms with van der Waals surface area (Å²) < 4.78 is 20.9. The number of rotatable bonds is 9. The Morgan fingerprint density at radius 1 is 1.12 bits per heavy atom. The highest BCUT2D eigenvalue weighted by Gasteiger charge is 2.43. The number of nitrogens with one attached hydrogen (secondary N) is 1. The van der Waals surface area contributed by atoms with Crippen molar-refractivity contribution < 1.29 is 23.8 Å². The van der Waals surface area contributed by atoms with Crippen LogP contribution < -0.4 is 11.1 Å². The molecule has 2 heterocycles. The molecule has 0 saturated carbocycles. The first-order valence-electron chi connectivity index (χ1n) is 15.0. The molecule has 41 heavy (non-hydrogen) atoms. The van der Waals surface area contributed by atoms with Gasteiger partial charge in [0.15, 0.2) is 0 Å². The minimum Gasteiger partial charge on any atom is -0.450 e. The van der Waals surface area contributed by atoms with Gasteiger partial charge >= 0.3 is 12.1 Å². The molecule has 4 rings (SSSR count). The first-order valence-corrected chi connectivity index (χ1v) is 15.0. The minimum atomic E-state index is -1.45. The standard InChI is InChI=1S/C32H45FN4O4/c1-3-23-8-4-9-25(20-23)29-27(11-5-12-28(29)33)32(40,15-7-19-41-30(38)35-2)26-10-6-16-37(22-26)31(39)36-17-13-24(21-34)14-18-36/h4-5,8-9,11-12,20,24,26,40H,3,6-7,10,13-19,21-22,34H2,1-2H3,(H,35,38)/t26-,32+/m1/s1. The van der Waals surface area contributed by atoms with Gasteiger partial charge < -0.3 is 30.7 Å². The zero-order valence-electron chi connectivity index (χ0n) is 24.4. The largest absolute Gasteiger partial charge is 0.450 e. The van der Waals surface area contributed by atoms with Gasteiger partial charge in [-0.25, -0.2) is 14.0 Å². The summed E-state index contributed by atoms with van der Waals surface area (Å²) in [5, 5.41) is 15.0. The maximum Gasteiger partial charge on any atom is 0.406 e. The predicted molar refractivity (Wildman–Crippen MR) is 158 cm³/mol. The Balaban J connectivity index is 1.65. The Bertz CT molecular complexity index is 1190. The summed E-state index contributed by atoms with van der Waals surface area (Å²) in [5.74, 6) is -0.271. The van der Waals surface area contributed by atoms with Gasteiger partial charge in [0.2, 0.25) is 0 Å². The van der Waals surface area contributed by atoms with Crippen molar-refractivity contribution in [2.45, 2.75) is 57.5 Å². The van der Waals surface area contributed by atoms with E-state index in [1.54, 1.807) is 12.1 Å². The van der Waals surface area contributed by atoms with Crippen molar-refractivity contribution >= 4 is 12.1 Å². The zero-order valence-corrected chi connectivity index (χ0v) is 24.4. The summed E-state index contributed by atoms with van der Waals surface area (Å²) in [7, 11) is 1.49. The van der Waals surface area contributed by atoms with E-state index >= 15 is 4.39 Å². The minimum absolute atomic E-state index is 0.00872. The van der Waals surface area contributed by atoms with Crippen molar-refractivity contribution in [3.05, 3.63) is 59.4 Å². The van der Waals surface area contributed by atoms with Crippen LogP contribution in [0, 0.1) is 17.7 Å². The van der Waals surface area contributed by atoms with Gasteiger partial charge in [0, 0.05) is 44.7 Å². The van der Waals surface area contributed by atoms with Gasteiger partial charge in [0.1, 0.15) is 5.82 Å². The number of carbonyl (C=O) groups excluding carboxylic acids is 2. The number of piperidine rings is 2. The van der Waals surface area contributed by atoms with Gasteiger partial charge in [-0.2, -0.15) is 0 Å². The van der Waals surface area contributed by atoms with E-state index in [2.05, 4.69) is 12.2 Å². The van der Waals surface area contributed by atoms with Crippen LogP contribution in [-0.2, 0) is 16.8 Å². The maximum absolute atomic E-state index is 15.6. The third-order valence-corrected chi connectivity index (χ3v) is 8.83. The number of nitrogens with zero attached hydrogens (tertiary/aromatic N) is 2. The number of nitrogens with two attached hydrogens (primary N) is 1. The molecule has 0 radical (unpaired) electrons. The fourth-order valence-electron chi connectivity index (χ4n) is 6.36. The molecule has 0 bridgehead atoms. The molecule has 2 aliphatic heterocycles. The molecule has 9 heteroatoms. The number of aryl methyl sites for hydroxylation is 1. The van der Waals surface area contributed by atoms with Crippen LogP contribution in [0.3, 0.4) is 0 Å². The van der Waals surface area contributed by atoms with Crippen LogP contribution >= 0.6 is 0 Å². The molecule has 2 saturated heterocycles. The average molecular weight is 569 g/mol. The van der Waals surface area contributed by atoms with Crippen LogP contribution in [0.2, 0.25) is 0 Å². The second kappa shape index (κ2) is 14.1. The van der Waals surface area contributed by atoms with Crippen LogP contribution in [0.25, 0.3) is 11.1 Å². The number of hydrogen-bond donors (Lipinski definition) is 3. The molecule has 2 fully saturated rings. The van der Waals surface area contributed by atoms with Gasteiger partial charge in [0.25, 0.3) is 0 Å². The number of carbonyl (C=O) groups is 2. The van der Waals surface area contributed by atoms with Crippen LogP contribution in [0.5, 0.6) is 0 Å². The van der Waals surface area contributed by atoms with E-state index in [1.807, 2.05) is 34.1 Å². The lowest BCUT2D eigenvalue weighted by atomic mass is 9.72. The number of benzene rings is 2. The van der Waals surface area contributed by atoms with E-state index in [9.17, 15) is 14.7 Å². The number of ether oxygens (including phenoxy) is 1. The Labute approximate surface area is 243 Å². The normalized spacial score (nSPS) is 19.5. The lowest BCUT2D eigenvalue weighted by Gasteiger charge is -2.45. The second-order valence-electron chi connectivity index (χ2n) is 11.4. The van der Waals surface area contributed by atoms with Gasteiger partial charge in [-0.1, -0.05) is 43.3 Å². The van der Waals surface area contributed by atoms with E-state index in [4.69, 9.17) is 10.5 Å². The van der Waals surface area contributed by atoms with E-state index < -0.39 is 17.5 Å². The first-order chi connectivity index (χ1) is 19.8. The third kappa shape index (κ3) is 7.19. The van der Waals surface area contributed by atoms with Crippen molar-refractivity contribution in [3.63, 3.8) is 0 Å². The number of aliphatic hydroxyl groups is 1. The Morgan fingerprint density at radius 2 is 1.88 bits per heavy atom. The third-order valence-electron chi connectivity index (χ3n) is 8.83. The smallest absolute Gasteiger partial charge is 0.406 e. The van der Waals surface area contributed by atoms with Crippen molar-refractivity contribution in [2.24, 2.45) is 17.6 Å². The van der Waals surface area contributed by atoms with Crippen molar-refractivity contribution in [1.82, 2.24) is 15.1 Å². The van der Waals surface area contributed by atoms with Crippen LogP contribution in [0.1, 0.15) is 56.6 Å². The fourth-order valence-corrected chi connectivity index (χ4v) is 6.36. The number of alkyl carbamates (subject to hydrolysis) is 1. The monoisotopic (exact) mass is 568 g/mol. The Morgan fingerprint density at radius 3 is 2.59 bits per heavy atom. The topological polar surface area (TPSA) is 108 Å². The molecule has 3 amide bonds. The lowest BCUT2D eigenvalue weighted by molar-refractivity contribution is -0.0592. The first kappa shape index (κ1) is 30.8. The molecular formula is C32H45FN4O4. The number of urea groups is 1. The second-order valence-corrected chi connectivity index (χ2v) is 11.4. The number of halogens is 1. The summed E-state index contributed by atoms with van der Waals surface area (Å²) in [4.78, 5) is 29.0. The van der Waals surface area contributed by atoms with Crippen molar-refractivity contribution in [1.29, 1.82) is 0 Å². The van der Waals surface area contributed by atoms with Gasteiger partial charge in [-0.3, -0.25) is 0 Å². The molecule has 0 spiro atoms. The van der Waals surface area contributed by atoms with Crippen LogP contribution in [0.4, 0.5) is 14.0 Å². The number of hydrogen-bond acceptors (Lipinski definition) is 5. The predicted octanol–water partition coefficient (Wildman–Crippen LogP) is 4.88. The summed E-state index contributed by atoms with van der Waals surface area (Å²) >= 11 is 0. The quantitative estimate of drug-likeness (QED) is 0.374. The highest BCUT2D eigenvalue weighted by atomic mass is 19.1. The van der Waals surface area contributed by atoms with Gasteiger partial charge in [-0.05, 0) is 80.2 Å². The molecule has 0 aromatic heterocycles. The fraction of sp³-hybridized carbons (Fsp3) is 0.562. The number of likely N-dealkylation sites (tertiary alicyclic amines) is 2. The molecule has 2 atom stereocenters. The van der Waals surface area contributed by atoms with Gasteiger partial charge in [0.05, 0.1) is 12.2 Å². The molecule has 2 aliphatic rings. The molecule has 0 aliphatic carbocycles. The average Bonchev–Trinajstić information content (AvgIpc) is 3.02. The van der Waals surface area contributed by atoms with E-state index in [-0.39, 0.29) is 25.0 Å². The molecule has 2 aromatic rings. The van der Waals surface area contributed by atoms with E-state index in [0.717, 1.165) is 31.2 Å². The highest BCUT2D eigenvalue weighted by molar-refractivity contribution is 5.75. The van der Waals surface area contributed by atoms with Crippen LogP contribution in [0.15, 0.2) is 42.5 Å². The van der Waals surface area contributed by atoms with Crippen LogP contribution in [-0.4, -0.2) is 73.4 Å². The SMILES string of the molecule is CCc1cccc(-c2c(F)cccc2[C@](O)(CCCOC(=O)NC)[C@@H]2CCCN(C(=O)N3CCC(CN)CC3)C2)c1. The van der Waals surface area contributed by atoms with Crippen molar-refractivity contribution in [2.75, 3.05) is 46.4 Å². The molecule has 0 unspecified atom stereocenters. The zero-order chi connectivity index (χ0) is 29.4. The highest BCUT2D eigenvalue weighted by Crippen LogP contribution is 2.44. The maximum atomic E-state index is 15.6. The summed E-state index contributed by atoms with van der Waals surface area (Å²) in [6, 6.07) is 12.6. The summed E-state index contributed by atoms with van der Waals surface area (Å²) in [5.41, 5.74) is 7.07. The summed E-state index contributed by atoms with van der Waals surface area (Å²) in [6.07, 6.45) is 4.13. The number of amides is 3. The van der Waals surface area contributed by atoms with Gasteiger partial charge in [-0.15, -0.1) is 0 Å². The van der Waals surface area contributed by atoms with E-state index in [1.165, 1.54) is 13.1 Å². The molecule has 4 N–H and O–H groups in total. The molecule has 8 nitrogen and oxygen atoms in total. The van der Waals surface area contributed by atoms with Crippen molar-refractivity contribution in [3.8, 4) is 11.1 Å². The molecule has 224 valence electrons.